The molecule has 26 heavy (non-hydrogen) atoms. The van der Waals surface area contributed by atoms with Crippen LogP contribution in [0, 0.1) is 27.7 Å². The van der Waals surface area contributed by atoms with Crippen molar-refractivity contribution < 1.29 is 4.79 Å². The van der Waals surface area contributed by atoms with E-state index in [1.54, 1.807) is 13.0 Å². The second-order valence-electron chi connectivity index (χ2n) is 6.38. The first-order valence-corrected chi connectivity index (χ1v) is 8.49. The first-order chi connectivity index (χ1) is 12.4. The van der Waals surface area contributed by atoms with Gasteiger partial charge in [0.15, 0.2) is 0 Å². The number of aryl methyl sites for hydroxylation is 4. The fourth-order valence-electron chi connectivity index (χ4n) is 2.61. The largest absolute Gasteiger partial charge is 0.340 e. The van der Waals surface area contributed by atoms with Gasteiger partial charge in [0.25, 0.3) is 5.91 Å². The van der Waals surface area contributed by atoms with E-state index in [4.69, 9.17) is 0 Å². The van der Waals surface area contributed by atoms with Crippen molar-refractivity contribution in [3.63, 3.8) is 0 Å². The van der Waals surface area contributed by atoms with E-state index in [-0.39, 0.29) is 5.91 Å². The van der Waals surface area contributed by atoms with Crippen molar-refractivity contribution in [1.29, 1.82) is 0 Å². The van der Waals surface area contributed by atoms with Gasteiger partial charge in [-0.25, -0.2) is 9.97 Å². The highest BCUT2D eigenvalue weighted by molar-refractivity contribution is 6.03. The van der Waals surface area contributed by atoms with Crippen LogP contribution in [0.2, 0.25) is 0 Å². The van der Waals surface area contributed by atoms with Gasteiger partial charge in [-0.05, 0) is 62.6 Å². The Kier molecular flexibility index (Phi) is 4.98. The molecule has 0 fully saturated rings. The predicted molar refractivity (Wildman–Crippen MR) is 105 cm³/mol. The number of nitrogens with zero attached hydrogens (tertiary/aromatic N) is 2. The van der Waals surface area contributed by atoms with E-state index in [2.05, 4.69) is 20.6 Å². The molecule has 0 saturated carbocycles. The standard InChI is InChI=1S/C21H22N4O/c1-13-9-10-17(11-15(13)3)24-21(26)19-12-20(23-16(4)22-19)25-18-8-6-5-7-14(18)2/h5-12H,1-4H3,(H,24,26)(H,22,23,25). The van der Waals surface area contributed by atoms with Gasteiger partial charge in [0, 0.05) is 17.4 Å². The van der Waals surface area contributed by atoms with Gasteiger partial charge in [0.05, 0.1) is 0 Å². The zero-order chi connectivity index (χ0) is 18.7. The predicted octanol–water partition coefficient (Wildman–Crippen LogP) is 4.71. The summed E-state index contributed by atoms with van der Waals surface area (Å²) in [6, 6.07) is 15.4. The fraction of sp³-hybridized carbons (Fsp3) is 0.190. The summed E-state index contributed by atoms with van der Waals surface area (Å²) < 4.78 is 0. The first kappa shape index (κ1) is 17.6. The summed E-state index contributed by atoms with van der Waals surface area (Å²) in [5, 5.41) is 6.16. The maximum atomic E-state index is 12.6. The van der Waals surface area contributed by atoms with Crippen LogP contribution in [-0.4, -0.2) is 15.9 Å². The lowest BCUT2D eigenvalue weighted by atomic mass is 10.1. The van der Waals surface area contributed by atoms with E-state index in [1.165, 1.54) is 5.56 Å². The van der Waals surface area contributed by atoms with Crippen molar-refractivity contribution in [2.75, 3.05) is 10.6 Å². The minimum Gasteiger partial charge on any atom is -0.340 e. The minimum atomic E-state index is -0.258. The van der Waals surface area contributed by atoms with Crippen molar-refractivity contribution in [3.8, 4) is 0 Å². The molecule has 1 heterocycles. The van der Waals surface area contributed by atoms with E-state index in [0.717, 1.165) is 22.5 Å². The number of carbonyl (C=O) groups is 1. The van der Waals surface area contributed by atoms with Gasteiger partial charge in [-0.2, -0.15) is 0 Å². The van der Waals surface area contributed by atoms with Gasteiger partial charge < -0.3 is 10.6 Å². The zero-order valence-corrected chi connectivity index (χ0v) is 15.4. The highest BCUT2D eigenvalue weighted by atomic mass is 16.1. The average Bonchev–Trinajstić information content (AvgIpc) is 2.60. The molecule has 0 saturated heterocycles. The number of aromatic nitrogens is 2. The highest BCUT2D eigenvalue weighted by Crippen LogP contribution is 2.20. The monoisotopic (exact) mass is 346 g/mol. The third kappa shape index (κ3) is 4.06. The third-order valence-corrected chi connectivity index (χ3v) is 4.24. The molecule has 0 aliphatic carbocycles. The molecule has 132 valence electrons. The number of benzene rings is 2. The lowest BCUT2D eigenvalue weighted by Gasteiger charge is -2.11. The average molecular weight is 346 g/mol. The molecule has 5 heteroatoms. The second-order valence-corrected chi connectivity index (χ2v) is 6.38. The number of anilines is 3. The fourth-order valence-corrected chi connectivity index (χ4v) is 2.61. The van der Waals surface area contributed by atoms with Crippen LogP contribution < -0.4 is 10.6 Å². The Morgan fingerprint density at radius 1 is 0.846 bits per heavy atom. The van der Waals surface area contributed by atoms with Crippen LogP contribution in [0.1, 0.15) is 33.0 Å². The third-order valence-electron chi connectivity index (χ3n) is 4.24. The summed E-state index contributed by atoms with van der Waals surface area (Å²) in [6.45, 7) is 7.85. The quantitative estimate of drug-likeness (QED) is 0.718. The van der Waals surface area contributed by atoms with Crippen molar-refractivity contribution in [3.05, 3.63) is 76.7 Å². The summed E-state index contributed by atoms with van der Waals surface area (Å²) in [6.07, 6.45) is 0. The summed E-state index contributed by atoms with van der Waals surface area (Å²) in [4.78, 5) is 21.3. The number of nitrogens with one attached hydrogen (secondary N) is 2. The van der Waals surface area contributed by atoms with Gasteiger partial charge in [-0.1, -0.05) is 24.3 Å². The number of para-hydroxylation sites is 1. The Morgan fingerprint density at radius 2 is 1.62 bits per heavy atom. The minimum absolute atomic E-state index is 0.258. The molecule has 2 aromatic carbocycles. The molecule has 0 bridgehead atoms. The number of carbonyl (C=O) groups excluding carboxylic acids is 1. The molecule has 0 aliphatic rings. The van der Waals surface area contributed by atoms with E-state index >= 15 is 0 Å². The SMILES string of the molecule is Cc1nc(Nc2ccccc2C)cc(C(=O)Nc2ccc(C)c(C)c2)n1. The van der Waals surface area contributed by atoms with E-state index in [0.29, 0.717) is 17.3 Å². The van der Waals surface area contributed by atoms with Gasteiger partial charge in [-0.15, -0.1) is 0 Å². The molecule has 3 aromatic rings. The maximum absolute atomic E-state index is 12.6. The molecule has 0 unspecified atom stereocenters. The van der Waals surface area contributed by atoms with Crippen molar-refractivity contribution in [2.24, 2.45) is 0 Å². The molecule has 0 aliphatic heterocycles. The molecule has 0 radical (unpaired) electrons. The van der Waals surface area contributed by atoms with Crippen molar-refractivity contribution >= 4 is 23.1 Å². The molecule has 2 N–H and O–H groups in total. The van der Waals surface area contributed by atoms with Gasteiger partial charge in [-0.3, -0.25) is 4.79 Å². The lowest BCUT2D eigenvalue weighted by molar-refractivity contribution is 0.102. The topological polar surface area (TPSA) is 66.9 Å². The van der Waals surface area contributed by atoms with Crippen LogP contribution in [-0.2, 0) is 0 Å². The van der Waals surface area contributed by atoms with Gasteiger partial charge >= 0.3 is 0 Å². The Hall–Kier alpha value is -3.21. The van der Waals surface area contributed by atoms with Crippen LogP contribution in [0.4, 0.5) is 17.2 Å². The molecular weight excluding hydrogens is 324 g/mol. The number of amides is 1. The lowest BCUT2D eigenvalue weighted by Crippen LogP contribution is -2.15. The zero-order valence-electron chi connectivity index (χ0n) is 15.4. The number of hydrogen-bond acceptors (Lipinski definition) is 4. The van der Waals surface area contributed by atoms with Crippen LogP contribution >= 0.6 is 0 Å². The molecule has 0 spiro atoms. The van der Waals surface area contributed by atoms with Crippen LogP contribution in [0.15, 0.2) is 48.5 Å². The number of hydrogen-bond donors (Lipinski definition) is 2. The summed E-state index contributed by atoms with van der Waals surface area (Å²) in [5.74, 6) is 0.873. The Bertz CT molecular complexity index is 966. The Labute approximate surface area is 153 Å². The van der Waals surface area contributed by atoms with Crippen LogP contribution in [0.25, 0.3) is 0 Å². The Morgan fingerprint density at radius 3 is 2.35 bits per heavy atom. The van der Waals surface area contributed by atoms with Crippen LogP contribution in [0.3, 0.4) is 0 Å². The van der Waals surface area contributed by atoms with E-state index in [9.17, 15) is 4.79 Å². The molecule has 1 amide bonds. The highest BCUT2D eigenvalue weighted by Gasteiger charge is 2.12. The first-order valence-electron chi connectivity index (χ1n) is 8.49. The van der Waals surface area contributed by atoms with E-state index < -0.39 is 0 Å². The summed E-state index contributed by atoms with van der Waals surface area (Å²) in [5.41, 5.74) is 5.44. The maximum Gasteiger partial charge on any atom is 0.274 e. The molecule has 1 aromatic heterocycles. The van der Waals surface area contributed by atoms with Gasteiger partial charge in [0.1, 0.15) is 17.3 Å². The smallest absolute Gasteiger partial charge is 0.274 e. The normalized spacial score (nSPS) is 10.5. The second kappa shape index (κ2) is 7.35. The van der Waals surface area contributed by atoms with Crippen molar-refractivity contribution in [1.82, 2.24) is 9.97 Å². The molecule has 0 atom stereocenters. The van der Waals surface area contributed by atoms with E-state index in [1.807, 2.05) is 63.2 Å². The Balaban J connectivity index is 1.83. The van der Waals surface area contributed by atoms with Crippen molar-refractivity contribution in [2.45, 2.75) is 27.7 Å². The summed E-state index contributed by atoms with van der Waals surface area (Å²) >= 11 is 0. The number of rotatable bonds is 4. The molecule has 3 rings (SSSR count). The molecule has 5 nitrogen and oxygen atoms in total. The summed E-state index contributed by atoms with van der Waals surface area (Å²) in [7, 11) is 0. The van der Waals surface area contributed by atoms with Gasteiger partial charge in [0.2, 0.25) is 0 Å². The van der Waals surface area contributed by atoms with Crippen LogP contribution in [0.5, 0.6) is 0 Å². The molecular formula is C21H22N4O.